The van der Waals surface area contributed by atoms with Crippen molar-refractivity contribution in [2.24, 2.45) is 0 Å². The van der Waals surface area contributed by atoms with Crippen molar-refractivity contribution in [1.29, 1.82) is 0 Å². The molecule has 26 heavy (non-hydrogen) atoms. The number of carbonyl (C=O) groups is 1. The van der Waals surface area contributed by atoms with Crippen LogP contribution in [0.3, 0.4) is 0 Å². The van der Waals surface area contributed by atoms with Gasteiger partial charge in [-0.05, 0) is 12.8 Å². The molecule has 4 heterocycles. The highest BCUT2D eigenvalue weighted by molar-refractivity contribution is 5.92. The number of imidazole rings is 1. The molecule has 9 nitrogen and oxygen atoms in total. The van der Waals surface area contributed by atoms with Gasteiger partial charge in [-0.2, -0.15) is 0 Å². The van der Waals surface area contributed by atoms with Crippen molar-refractivity contribution in [2.45, 2.75) is 18.9 Å². The van der Waals surface area contributed by atoms with Gasteiger partial charge in [-0.3, -0.25) is 9.36 Å². The van der Waals surface area contributed by atoms with Crippen LogP contribution in [0.25, 0.3) is 5.82 Å². The zero-order chi connectivity index (χ0) is 17.8. The summed E-state index contributed by atoms with van der Waals surface area (Å²) in [4.78, 5) is 27.2. The van der Waals surface area contributed by atoms with E-state index in [0.717, 1.165) is 38.4 Å². The van der Waals surface area contributed by atoms with Gasteiger partial charge in [-0.25, -0.2) is 15.0 Å². The predicted octanol–water partition coefficient (Wildman–Crippen LogP) is 0.408. The molecule has 1 amide bonds. The fourth-order valence-corrected chi connectivity index (χ4v) is 3.11. The van der Waals surface area contributed by atoms with Crippen LogP contribution in [0.15, 0.2) is 24.9 Å². The Labute approximate surface area is 151 Å². The first-order valence-corrected chi connectivity index (χ1v) is 8.88. The Kier molecular flexibility index (Phi) is 5.07. The molecule has 4 rings (SSSR count). The molecule has 9 heteroatoms. The van der Waals surface area contributed by atoms with E-state index < -0.39 is 0 Å². The van der Waals surface area contributed by atoms with E-state index in [-0.39, 0.29) is 12.0 Å². The van der Waals surface area contributed by atoms with Gasteiger partial charge in [-0.1, -0.05) is 0 Å². The molecule has 1 N–H and O–H groups in total. The Bertz CT molecular complexity index is 752. The second-order valence-corrected chi connectivity index (χ2v) is 6.35. The lowest BCUT2D eigenvalue weighted by Crippen LogP contribution is -2.36. The molecule has 138 valence electrons. The second kappa shape index (κ2) is 7.79. The Hall–Kier alpha value is -2.52. The van der Waals surface area contributed by atoms with Crippen molar-refractivity contribution in [3.8, 4) is 5.82 Å². The summed E-state index contributed by atoms with van der Waals surface area (Å²) in [6, 6.07) is 1.89. The molecule has 1 atom stereocenters. The SMILES string of the molecule is O=C(NC[C@H]1CCCO1)c1cn(-c2cc(N3CCOCC3)ncn2)cn1. The van der Waals surface area contributed by atoms with Crippen molar-refractivity contribution in [2.75, 3.05) is 44.4 Å². The van der Waals surface area contributed by atoms with Gasteiger partial charge in [0.25, 0.3) is 5.91 Å². The lowest BCUT2D eigenvalue weighted by molar-refractivity contribution is 0.0854. The van der Waals surface area contributed by atoms with Gasteiger partial charge >= 0.3 is 0 Å². The smallest absolute Gasteiger partial charge is 0.271 e. The van der Waals surface area contributed by atoms with E-state index in [1.54, 1.807) is 17.1 Å². The summed E-state index contributed by atoms with van der Waals surface area (Å²) in [5, 5.41) is 2.87. The topological polar surface area (TPSA) is 94.4 Å². The normalized spacial score (nSPS) is 20.3. The molecule has 2 aliphatic heterocycles. The molecule has 0 radical (unpaired) electrons. The summed E-state index contributed by atoms with van der Waals surface area (Å²) in [5.74, 6) is 1.31. The molecule has 0 aliphatic carbocycles. The van der Waals surface area contributed by atoms with Crippen molar-refractivity contribution < 1.29 is 14.3 Å². The van der Waals surface area contributed by atoms with E-state index >= 15 is 0 Å². The third-order valence-corrected chi connectivity index (χ3v) is 4.57. The number of carbonyl (C=O) groups excluding carboxylic acids is 1. The lowest BCUT2D eigenvalue weighted by Gasteiger charge is -2.27. The van der Waals surface area contributed by atoms with Crippen molar-refractivity contribution in [3.63, 3.8) is 0 Å². The summed E-state index contributed by atoms with van der Waals surface area (Å²) >= 11 is 0. The van der Waals surface area contributed by atoms with Gasteiger partial charge in [0.15, 0.2) is 0 Å². The number of morpholine rings is 1. The fraction of sp³-hybridized carbons (Fsp3) is 0.529. The third-order valence-electron chi connectivity index (χ3n) is 4.57. The molecule has 2 aromatic heterocycles. The van der Waals surface area contributed by atoms with Gasteiger partial charge in [0.2, 0.25) is 0 Å². The quantitative estimate of drug-likeness (QED) is 0.827. The number of ether oxygens (including phenoxy) is 2. The monoisotopic (exact) mass is 358 g/mol. The molecule has 2 saturated heterocycles. The summed E-state index contributed by atoms with van der Waals surface area (Å²) in [6.07, 6.45) is 6.94. The minimum Gasteiger partial charge on any atom is -0.378 e. The lowest BCUT2D eigenvalue weighted by atomic mass is 10.2. The van der Waals surface area contributed by atoms with E-state index in [2.05, 4.69) is 25.2 Å². The third kappa shape index (κ3) is 3.83. The average molecular weight is 358 g/mol. The van der Waals surface area contributed by atoms with Crippen LogP contribution in [-0.4, -0.2) is 71.0 Å². The Morgan fingerprint density at radius 2 is 2.04 bits per heavy atom. The molecule has 0 bridgehead atoms. The van der Waals surface area contributed by atoms with Gasteiger partial charge in [0, 0.05) is 38.5 Å². The Morgan fingerprint density at radius 1 is 1.19 bits per heavy atom. The minimum atomic E-state index is -0.207. The van der Waals surface area contributed by atoms with Crippen LogP contribution in [0.1, 0.15) is 23.3 Å². The predicted molar refractivity (Wildman–Crippen MR) is 93.5 cm³/mol. The highest BCUT2D eigenvalue weighted by atomic mass is 16.5. The average Bonchev–Trinajstić information content (AvgIpc) is 3.39. The summed E-state index contributed by atoms with van der Waals surface area (Å²) < 4.78 is 12.6. The van der Waals surface area contributed by atoms with E-state index in [4.69, 9.17) is 9.47 Å². The fourth-order valence-electron chi connectivity index (χ4n) is 3.11. The Balaban J connectivity index is 1.42. The second-order valence-electron chi connectivity index (χ2n) is 6.35. The first-order valence-electron chi connectivity index (χ1n) is 8.88. The highest BCUT2D eigenvalue weighted by Gasteiger charge is 2.18. The van der Waals surface area contributed by atoms with Crippen LogP contribution < -0.4 is 10.2 Å². The molecule has 2 aromatic rings. The summed E-state index contributed by atoms with van der Waals surface area (Å²) in [7, 11) is 0. The van der Waals surface area contributed by atoms with Crippen LogP contribution >= 0.6 is 0 Å². The number of aromatic nitrogens is 4. The van der Waals surface area contributed by atoms with Crippen LogP contribution in [-0.2, 0) is 9.47 Å². The highest BCUT2D eigenvalue weighted by Crippen LogP contribution is 2.16. The number of nitrogens with one attached hydrogen (secondary N) is 1. The molecule has 2 aliphatic rings. The zero-order valence-electron chi connectivity index (χ0n) is 14.5. The summed E-state index contributed by atoms with van der Waals surface area (Å²) in [6.45, 7) is 4.28. The molecule has 0 aromatic carbocycles. The van der Waals surface area contributed by atoms with Gasteiger partial charge in [0.1, 0.15) is 30.0 Å². The number of hydrogen-bond acceptors (Lipinski definition) is 7. The van der Waals surface area contributed by atoms with Gasteiger partial charge < -0.3 is 19.7 Å². The van der Waals surface area contributed by atoms with Crippen LogP contribution in [0.2, 0.25) is 0 Å². The maximum Gasteiger partial charge on any atom is 0.271 e. The van der Waals surface area contributed by atoms with Crippen molar-refractivity contribution in [1.82, 2.24) is 24.8 Å². The first kappa shape index (κ1) is 16.9. The number of anilines is 1. The first-order chi connectivity index (χ1) is 12.8. The number of nitrogens with zero attached hydrogens (tertiary/aromatic N) is 5. The van der Waals surface area contributed by atoms with Crippen molar-refractivity contribution in [3.05, 3.63) is 30.6 Å². The van der Waals surface area contributed by atoms with E-state index in [1.807, 2.05) is 6.07 Å². The number of hydrogen-bond donors (Lipinski definition) is 1. The van der Waals surface area contributed by atoms with Crippen LogP contribution in [0.4, 0.5) is 5.82 Å². The summed E-state index contributed by atoms with van der Waals surface area (Å²) in [5.41, 5.74) is 0.356. The molecule has 0 unspecified atom stereocenters. The molecule has 2 fully saturated rings. The Morgan fingerprint density at radius 3 is 2.85 bits per heavy atom. The minimum absolute atomic E-state index is 0.110. The van der Waals surface area contributed by atoms with Gasteiger partial charge in [-0.15, -0.1) is 0 Å². The number of rotatable bonds is 5. The largest absolute Gasteiger partial charge is 0.378 e. The van der Waals surface area contributed by atoms with E-state index in [0.29, 0.717) is 31.3 Å². The van der Waals surface area contributed by atoms with Crippen LogP contribution in [0, 0.1) is 0 Å². The molecular formula is C17H22N6O3. The van der Waals surface area contributed by atoms with Gasteiger partial charge in [0.05, 0.1) is 19.3 Å². The molecule has 0 spiro atoms. The number of amides is 1. The van der Waals surface area contributed by atoms with E-state index in [1.165, 1.54) is 6.33 Å². The van der Waals surface area contributed by atoms with E-state index in [9.17, 15) is 4.79 Å². The maximum atomic E-state index is 12.3. The molecular weight excluding hydrogens is 336 g/mol. The molecule has 0 saturated carbocycles. The standard InChI is InChI=1S/C17H22N6O3/c24-17(18-9-13-2-1-5-26-13)14-10-23(12-21-14)16-8-15(19-11-20-16)22-3-6-25-7-4-22/h8,10-13H,1-7,9H2,(H,18,24)/t13-/m1/s1. The van der Waals surface area contributed by atoms with Crippen molar-refractivity contribution >= 4 is 11.7 Å². The maximum absolute atomic E-state index is 12.3. The zero-order valence-corrected chi connectivity index (χ0v) is 14.5. The van der Waals surface area contributed by atoms with Crippen LogP contribution in [0.5, 0.6) is 0 Å².